The van der Waals surface area contributed by atoms with E-state index in [0.717, 1.165) is 23.4 Å². The first-order chi connectivity index (χ1) is 14.0. The Balaban J connectivity index is 1.20. The molecule has 4 saturated carbocycles. The number of aromatic nitrogens is 2. The van der Waals surface area contributed by atoms with Crippen molar-refractivity contribution in [2.24, 2.45) is 17.8 Å². The molecular formula is C24H32N4O. The summed E-state index contributed by atoms with van der Waals surface area (Å²) in [6, 6.07) is 8.34. The highest BCUT2D eigenvalue weighted by Crippen LogP contribution is 2.55. The highest BCUT2D eigenvalue weighted by atomic mass is 16.2. The fourth-order valence-electron chi connectivity index (χ4n) is 6.53. The van der Waals surface area contributed by atoms with E-state index in [0.29, 0.717) is 0 Å². The van der Waals surface area contributed by atoms with Gasteiger partial charge in [0.25, 0.3) is 0 Å². The van der Waals surface area contributed by atoms with Gasteiger partial charge in [0, 0.05) is 29.7 Å². The molecule has 1 aromatic carbocycles. The second kappa shape index (κ2) is 7.28. The van der Waals surface area contributed by atoms with Crippen molar-refractivity contribution < 1.29 is 4.79 Å². The summed E-state index contributed by atoms with van der Waals surface area (Å²) in [5, 5.41) is 7.00. The predicted molar refractivity (Wildman–Crippen MR) is 114 cm³/mol. The Morgan fingerprint density at radius 1 is 1.07 bits per heavy atom. The summed E-state index contributed by atoms with van der Waals surface area (Å²) in [6.45, 7) is 4.12. The maximum atomic E-state index is 13.0. The van der Waals surface area contributed by atoms with Crippen molar-refractivity contribution in [3.63, 3.8) is 0 Å². The summed E-state index contributed by atoms with van der Waals surface area (Å²) < 4.78 is 1.99. The van der Waals surface area contributed by atoms with Crippen molar-refractivity contribution in [3.05, 3.63) is 48.5 Å². The molecule has 1 aromatic heterocycles. The lowest BCUT2D eigenvalue weighted by atomic mass is 9.53. The molecule has 2 aromatic rings. The third kappa shape index (κ3) is 3.73. The molecule has 4 bridgehead atoms. The summed E-state index contributed by atoms with van der Waals surface area (Å²) in [4.78, 5) is 17.1. The van der Waals surface area contributed by atoms with Crippen LogP contribution >= 0.6 is 0 Å². The van der Waals surface area contributed by atoms with Crippen LogP contribution in [0.5, 0.6) is 0 Å². The molecule has 4 aliphatic carbocycles. The molecular weight excluding hydrogens is 360 g/mol. The fourth-order valence-corrected chi connectivity index (χ4v) is 6.53. The van der Waals surface area contributed by atoms with Gasteiger partial charge in [0.2, 0.25) is 5.91 Å². The number of carbonyl (C=O) groups excluding carboxylic acids is 1. The zero-order chi connectivity index (χ0) is 20.0. The number of hydrogen-bond acceptors (Lipinski definition) is 3. The van der Waals surface area contributed by atoms with Gasteiger partial charge in [-0.25, -0.2) is 4.98 Å². The van der Waals surface area contributed by atoms with E-state index in [1.807, 2.05) is 17.7 Å². The number of nitrogens with one attached hydrogen (secondary N) is 2. The van der Waals surface area contributed by atoms with Crippen LogP contribution in [0.2, 0.25) is 0 Å². The minimum Gasteiger partial charge on any atom is -0.349 e. The quantitative estimate of drug-likeness (QED) is 0.781. The van der Waals surface area contributed by atoms with Gasteiger partial charge in [0.15, 0.2) is 0 Å². The van der Waals surface area contributed by atoms with Gasteiger partial charge in [0.1, 0.15) is 0 Å². The summed E-state index contributed by atoms with van der Waals surface area (Å²) >= 11 is 0. The van der Waals surface area contributed by atoms with E-state index in [4.69, 9.17) is 0 Å². The summed E-state index contributed by atoms with van der Waals surface area (Å²) in [6.07, 6.45) is 13.3. The average molecular weight is 393 g/mol. The van der Waals surface area contributed by atoms with Crippen LogP contribution in [-0.4, -0.2) is 27.0 Å². The van der Waals surface area contributed by atoms with Gasteiger partial charge in [0.05, 0.1) is 12.4 Å². The van der Waals surface area contributed by atoms with E-state index in [1.54, 1.807) is 12.5 Å². The third-order valence-corrected chi connectivity index (χ3v) is 7.52. The molecule has 29 heavy (non-hydrogen) atoms. The van der Waals surface area contributed by atoms with Gasteiger partial charge in [-0.05, 0) is 87.8 Å². The van der Waals surface area contributed by atoms with E-state index in [2.05, 4.69) is 46.8 Å². The van der Waals surface area contributed by atoms with Gasteiger partial charge in [-0.3, -0.25) is 10.1 Å². The maximum absolute atomic E-state index is 13.0. The molecule has 0 unspecified atom stereocenters. The van der Waals surface area contributed by atoms with Gasteiger partial charge in [-0.15, -0.1) is 0 Å². The van der Waals surface area contributed by atoms with Gasteiger partial charge in [-0.1, -0.05) is 12.1 Å². The molecule has 2 atom stereocenters. The van der Waals surface area contributed by atoms with E-state index in [-0.39, 0.29) is 23.5 Å². The number of nitrogens with zero attached hydrogens (tertiary/aromatic N) is 2. The molecule has 0 radical (unpaired) electrons. The van der Waals surface area contributed by atoms with Crippen LogP contribution < -0.4 is 10.6 Å². The van der Waals surface area contributed by atoms with Crippen molar-refractivity contribution in [3.8, 4) is 5.69 Å². The number of hydrogen-bond donors (Lipinski definition) is 2. The zero-order valence-electron chi connectivity index (χ0n) is 17.5. The Bertz CT molecular complexity index is 822. The van der Waals surface area contributed by atoms with Crippen LogP contribution in [0.4, 0.5) is 0 Å². The fraction of sp³-hybridized carbons (Fsp3) is 0.583. The first-order valence-electron chi connectivity index (χ1n) is 11.2. The first kappa shape index (κ1) is 18.9. The Hall–Kier alpha value is -2.14. The summed E-state index contributed by atoms with van der Waals surface area (Å²) in [5.74, 6) is 2.70. The van der Waals surface area contributed by atoms with Crippen molar-refractivity contribution in [2.75, 3.05) is 0 Å². The molecule has 5 heteroatoms. The lowest BCUT2D eigenvalue weighted by Crippen LogP contribution is -2.62. The van der Waals surface area contributed by atoms with Crippen LogP contribution in [0.3, 0.4) is 0 Å². The second-order valence-electron chi connectivity index (χ2n) is 9.86. The van der Waals surface area contributed by atoms with E-state index in [1.165, 1.54) is 44.1 Å². The lowest BCUT2D eigenvalue weighted by Gasteiger charge is -2.57. The highest BCUT2D eigenvalue weighted by Gasteiger charge is 2.51. The highest BCUT2D eigenvalue weighted by molar-refractivity contribution is 5.82. The largest absolute Gasteiger partial charge is 0.349 e. The number of imidazole rings is 1. The minimum atomic E-state index is -0.202. The number of rotatable bonds is 6. The smallest absolute Gasteiger partial charge is 0.237 e. The van der Waals surface area contributed by atoms with Crippen LogP contribution in [-0.2, 0) is 4.79 Å². The molecule has 0 spiro atoms. The molecule has 0 aliphatic heterocycles. The zero-order valence-corrected chi connectivity index (χ0v) is 17.5. The van der Waals surface area contributed by atoms with Gasteiger partial charge in [-0.2, -0.15) is 0 Å². The molecule has 154 valence electrons. The lowest BCUT2D eigenvalue weighted by molar-refractivity contribution is -0.128. The standard InChI is InChI=1S/C24H32N4O/c1-16(21-3-5-22(6-4-21)28-8-7-25-15-28)26-17(2)23(29)27-24-12-18-9-19(13-24)11-20(10-18)14-24/h3-8,15-20,26H,9-14H2,1-2H3,(H,27,29)/t16-,17+,18?,19?,20?,24?/m0/s1. The number of benzene rings is 1. The maximum Gasteiger partial charge on any atom is 0.237 e. The van der Waals surface area contributed by atoms with Crippen molar-refractivity contribution >= 4 is 5.91 Å². The molecule has 2 N–H and O–H groups in total. The SMILES string of the molecule is C[C@H](N[C@H](C)C(=O)NC12CC3CC(CC(C3)C1)C2)c1ccc(-n2ccnc2)cc1. The second-order valence-corrected chi connectivity index (χ2v) is 9.86. The molecule has 1 heterocycles. The monoisotopic (exact) mass is 392 g/mol. The van der Waals surface area contributed by atoms with E-state index < -0.39 is 0 Å². The number of carbonyl (C=O) groups is 1. The third-order valence-electron chi connectivity index (χ3n) is 7.52. The molecule has 4 aliphatic rings. The van der Waals surface area contributed by atoms with Gasteiger partial charge < -0.3 is 9.88 Å². The van der Waals surface area contributed by atoms with E-state index in [9.17, 15) is 4.79 Å². The summed E-state index contributed by atoms with van der Waals surface area (Å²) in [5.41, 5.74) is 2.35. The summed E-state index contributed by atoms with van der Waals surface area (Å²) in [7, 11) is 0. The Morgan fingerprint density at radius 3 is 2.24 bits per heavy atom. The minimum absolute atomic E-state index is 0.0808. The first-order valence-corrected chi connectivity index (χ1v) is 11.2. The van der Waals surface area contributed by atoms with Crippen molar-refractivity contribution in [1.82, 2.24) is 20.2 Å². The molecule has 6 rings (SSSR count). The molecule has 4 fully saturated rings. The Kier molecular flexibility index (Phi) is 4.73. The van der Waals surface area contributed by atoms with Crippen LogP contribution in [0.25, 0.3) is 5.69 Å². The van der Waals surface area contributed by atoms with Crippen LogP contribution in [0.15, 0.2) is 43.0 Å². The molecule has 5 nitrogen and oxygen atoms in total. The Labute approximate surface area is 173 Å². The van der Waals surface area contributed by atoms with Gasteiger partial charge >= 0.3 is 0 Å². The Morgan fingerprint density at radius 2 is 1.69 bits per heavy atom. The topological polar surface area (TPSA) is 59.0 Å². The van der Waals surface area contributed by atoms with Crippen molar-refractivity contribution in [2.45, 2.75) is 70.0 Å². The molecule has 1 amide bonds. The number of amides is 1. The van der Waals surface area contributed by atoms with Crippen LogP contribution in [0.1, 0.15) is 64.0 Å². The van der Waals surface area contributed by atoms with Crippen LogP contribution in [0, 0.1) is 17.8 Å². The normalized spacial score (nSPS) is 32.1. The van der Waals surface area contributed by atoms with Crippen molar-refractivity contribution in [1.29, 1.82) is 0 Å². The predicted octanol–water partition coefficient (Wildman–Crippen LogP) is 4.00. The average Bonchev–Trinajstić information content (AvgIpc) is 3.21. The molecule has 0 saturated heterocycles. The van der Waals surface area contributed by atoms with E-state index >= 15 is 0 Å².